The molecule has 2 heterocycles. The number of anilines is 1. The van der Waals surface area contributed by atoms with Crippen molar-refractivity contribution in [3.05, 3.63) is 76.6 Å². The maximum atomic E-state index is 5.94. The first-order valence-corrected chi connectivity index (χ1v) is 9.34. The van der Waals surface area contributed by atoms with Crippen molar-refractivity contribution in [2.45, 2.75) is 6.42 Å². The first-order chi connectivity index (χ1) is 12.3. The van der Waals surface area contributed by atoms with E-state index in [1.54, 1.807) is 11.3 Å². The Balaban J connectivity index is 1.60. The Morgan fingerprint density at radius 2 is 1.76 bits per heavy atom. The Morgan fingerprint density at radius 3 is 2.56 bits per heavy atom. The Morgan fingerprint density at radius 1 is 0.920 bits per heavy atom. The van der Waals surface area contributed by atoms with Gasteiger partial charge in [0.2, 0.25) is 0 Å². The standard InChI is InChI=1S/C20H16ClN3S/c21-15-9-7-14(8-10-15)11-12-22-19-16-4-1-2-5-17(16)23-20(24-19)18-6-3-13-25-18/h1-10,13H,11-12H2,(H,22,23,24). The van der Waals surface area contributed by atoms with Gasteiger partial charge in [-0.05, 0) is 47.7 Å². The molecule has 0 aliphatic rings. The highest BCUT2D eigenvalue weighted by molar-refractivity contribution is 7.13. The molecule has 0 saturated heterocycles. The summed E-state index contributed by atoms with van der Waals surface area (Å²) in [5, 5.41) is 7.32. The molecule has 0 spiro atoms. The molecule has 25 heavy (non-hydrogen) atoms. The lowest BCUT2D eigenvalue weighted by molar-refractivity contribution is 1.01. The zero-order valence-corrected chi connectivity index (χ0v) is 15.0. The molecule has 0 atom stereocenters. The van der Waals surface area contributed by atoms with E-state index in [-0.39, 0.29) is 0 Å². The number of hydrogen-bond donors (Lipinski definition) is 1. The molecule has 0 bridgehead atoms. The summed E-state index contributed by atoms with van der Waals surface area (Å²) in [5.74, 6) is 1.64. The number of aromatic nitrogens is 2. The molecule has 0 fully saturated rings. The van der Waals surface area contributed by atoms with E-state index in [0.717, 1.165) is 45.4 Å². The molecule has 1 N–H and O–H groups in total. The third kappa shape index (κ3) is 3.65. The second-order valence-electron chi connectivity index (χ2n) is 5.69. The molecule has 2 aromatic heterocycles. The number of rotatable bonds is 5. The minimum Gasteiger partial charge on any atom is -0.369 e. The lowest BCUT2D eigenvalue weighted by Gasteiger charge is -2.10. The quantitative estimate of drug-likeness (QED) is 0.495. The SMILES string of the molecule is Clc1ccc(CCNc2nc(-c3cccs3)nc3ccccc23)cc1. The van der Waals surface area contributed by atoms with Gasteiger partial charge < -0.3 is 5.32 Å². The maximum absolute atomic E-state index is 5.94. The van der Waals surface area contributed by atoms with Gasteiger partial charge in [0.1, 0.15) is 5.82 Å². The molecule has 0 aliphatic carbocycles. The largest absolute Gasteiger partial charge is 0.369 e. The molecule has 0 radical (unpaired) electrons. The van der Waals surface area contributed by atoms with Gasteiger partial charge in [-0.3, -0.25) is 0 Å². The molecule has 4 rings (SSSR count). The fourth-order valence-electron chi connectivity index (χ4n) is 2.70. The van der Waals surface area contributed by atoms with E-state index in [0.29, 0.717) is 0 Å². The third-order valence-corrected chi connectivity index (χ3v) is 5.08. The van der Waals surface area contributed by atoms with E-state index in [1.165, 1.54) is 5.56 Å². The van der Waals surface area contributed by atoms with Crippen molar-refractivity contribution in [2.24, 2.45) is 0 Å². The van der Waals surface area contributed by atoms with Gasteiger partial charge in [0.05, 0.1) is 10.4 Å². The number of benzene rings is 2. The summed E-state index contributed by atoms with van der Waals surface area (Å²) in [4.78, 5) is 10.5. The zero-order valence-electron chi connectivity index (χ0n) is 13.4. The molecule has 5 heteroatoms. The fraction of sp³-hybridized carbons (Fsp3) is 0.100. The molecule has 0 saturated carbocycles. The lowest BCUT2D eigenvalue weighted by Crippen LogP contribution is -2.08. The monoisotopic (exact) mass is 365 g/mol. The van der Waals surface area contributed by atoms with Crippen molar-refractivity contribution in [1.29, 1.82) is 0 Å². The van der Waals surface area contributed by atoms with Gasteiger partial charge in [0.25, 0.3) is 0 Å². The van der Waals surface area contributed by atoms with Gasteiger partial charge in [0.15, 0.2) is 5.82 Å². The number of thiophene rings is 1. The van der Waals surface area contributed by atoms with Crippen LogP contribution >= 0.6 is 22.9 Å². The molecular weight excluding hydrogens is 350 g/mol. The van der Waals surface area contributed by atoms with Crippen LogP contribution in [0, 0.1) is 0 Å². The second kappa shape index (κ2) is 7.21. The van der Waals surface area contributed by atoms with Crippen LogP contribution in [0.3, 0.4) is 0 Å². The molecule has 3 nitrogen and oxygen atoms in total. The molecule has 0 unspecified atom stereocenters. The summed E-state index contributed by atoms with van der Waals surface area (Å²) in [6, 6.07) is 20.1. The predicted octanol–water partition coefficient (Wildman–Crippen LogP) is 5.67. The highest BCUT2D eigenvalue weighted by Crippen LogP contribution is 2.27. The van der Waals surface area contributed by atoms with Crippen LogP contribution in [-0.2, 0) is 6.42 Å². The number of nitrogens with zero attached hydrogens (tertiary/aromatic N) is 2. The molecule has 4 aromatic rings. The van der Waals surface area contributed by atoms with Crippen molar-refractivity contribution in [3.8, 4) is 10.7 Å². The Kier molecular flexibility index (Phi) is 4.63. The van der Waals surface area contributed by atoms with E-state index >= 15 is 0 Å². The Labute approximate surface area is 155 Å². The van der Waals surface area contributed by atoms with Crippen LogP contribution in [0.15, 0.2) is 66.0 Å². The van der Waals surface area contributed by atoms with E-state index in [9.17, 15) is 0 Å². The number of halogens is 1. The molecular formula is C20H16ClN3S. The first kappa shape index (κ1) is 16.1. The van der Waals surface area contributed by atoms with E-state index in [4.69, 9.17) is 21.6 Å². The fourth-order valence-corrected chi connectivity index (χ4v) is 3.49. The van der Waals surface area contributed by atoms with Crippen molar-refractivity contribution < 1.29 is 0 Å². The second-order valence-corrected chi connectivity index (χ2v) is 7.08. The van der Waals surface area contributed by atoms with Crippen LogP contribution in [0.1, 0.15) is 5.56 Å². The van der Waals surface area contributed by atoms with Gasteiger partial charge >= 0.3 is 0 Å². The maximum Gasteiger partial charge on any atom is 0.172 e. The van der Waals surface area contributed by atoms with Gasteiger partial charge in [-0.2, -0.15) is 0 Å². The third-order valence-electron chi connectivity index (χ3n) is 3.96. The lowest BCUT2D eigenvalue weighted by atomic mass is 10.1. The van der Waals surface area contributed by atoms with Crippen LogP contribution in [0.5, 0.6) is 0 Å². The minimum atomic E-state index is 0.763. The van der Waals surface area contributed by atoms with Crippen LogP contribution in [0.2, 0.25) is 5.02 Å². The summed E-state index contributed by atoms with van der Waals surface area (Å²) in [6.07, 6.45) is 0.907. The van der Waals surface area contributed by atoms with Gasteiger partial charge in [-0.1, -0.05) is 41.9 Å². The number of fused-ring (bicyclic) bond motifs is 1. The van der Waals surface area contributed by atoms with Crippen LogP contribution in [0.4, 0.5) is 5.82 Å². The zero-order chi connectivity index (χ0) is 17.1. The van der Waals surface area contributed by atoms with Crippen molar-refractivity contribution >= 4 is 39.7 Å². The predicted molar refractivity (Wildman–Crippen MR) is 106 cm³/mol. The van der Waals surface area contributed by atoms with Crippen molar-refractivity contribution in [3.63, 3.8) is 0 Å². The van der Waals surface area contributed by atoms with Gasteiger partial charge in [-0.15, -0.1) is 11.3 Å². The average Bonchev–Trinajstić information content (AvgIpc) is 3.18. The summed E-state index contributed by atoms with van der Waals surface area (Å²) >= 11 is 7.59. The van der Waals surface area contributed by atoms with Crippen molar-refractivity contribution in [1.82, 2.24) is 9.97 Å². The van der Waals surface area contributed by atoms with Gasteiger partial charge in [-0.25, -0.2) is 9.97 Å². The van der Waals surface area contributed by atoms with Crippen molar-refractivity contribution in [2.75, 3.05) is 11.9 Å². The minimum absolute atomic E-state index is 0.763. The first-order valence-electron chi connectivity index (χ1n) is 8.08. The number of nitrogens with one attached hydrogen (secondary N) is 1. The number of para-hydroxylation sites is 1. The summed E-state index contributed by atoms with van der Waals surface area (Å²) in [6.45, 7) is 0.798. The molecule has 2 aromatic carbocycles. The van der Waals surface area contributed by atoms with Gasteiger partial charge in [0, 0.05) is 17.0 Å². The summed E-state index contributed by atoms with van der Waals surface area (Å²) in [7, 11) is 0. The van der Waals surface area contributed by atoms with E-state index in [1.807, 2.05) is 47.8 Å². The van der Waals surface area contributed by atoms with Crippen LogP contribution in [-0.4, -0.2) is 16.5 Å². The average molecular weight is 366 g/mol. The highest BCUT2D eigenvalue weighted by atomic mass is 35.5. The van der Waals surface area contributed by atoms with E-state index < -0.39 is 0 Å². The van der Waals surface area contributed by atoms with E-state index in [2.05, 4.69) is 23.5 Å². The Hall–Kier alpha value is -2.43. The summed E-state index contributed by atoms with van der Waals surface area (Å²) < 4.78 is 0. The number of hydrogen-bond acceptors (Lipinski definition) is 4. The molecule has 124 valence electrons. The topological polar surface area (TPSA) is 37.8 Å². The van der Waals surface area contributed by atoms with Crippen LogP contribution < -0.4 is 5.32 Å². The Bertz CT molecular complexity index is 982. The normalized spacial score (nSPS) is 10.9. The molecule has 0 amide bonds. The summed E-state index contributed by atoms with van der Waals surface area (Å²) in [5.41, 5.74) is 2.20. The smallest absolute Gasteiger partial charge is 0.172 e. The molecule has 0 aliphatic heterocycles. The van der Waals surface area contributed by atoms with Crippen LogP contribution in [0.25, 0.3) is 21.6 Å². The highest BCUT2D eigenvalue weighted by Gasteiger charge is 2.09.